The van der Waals surface area contributed by atoms with Crippen LogP contribution in [0.2, 0.25) is 0 Å². The Kier molecular flexibility index (Phi) is 2.90. The van der Waals surface area contributed by atoms with Crippen molar-refractivity contribution in [3.63, 3.8) is 0 Å². The normalized spacial score (nSPS) is 25.7. The third-order valence-corrected chi connectivity index (χ3v) is 4.27. The fourth-order valence-electron chi connectivity index (χ4n) is 2.89. The van der Waals surface area contributed by atoms with Gasteiger partial charge in [0.15, 0.2) is 0 Å². The van der Waals surface area contributed by atoms with Crippen LogP contribution >= 0.6 is 15.9 Å². The third-order valence-electron chi connectivity index (χ3n) is 3.78. The Bertz CT molecular complexity index is 500. The maximum atomic E-state index is 13.9. The van der Waals surface area contributed by atoms with Crippen molar-refractivity contribution in [3.05, 3.63) is 34.1 Å². The second-order valence-corrected chi connectivity index (χ2v) is 5.94. The second kappa shape index (κ2) is 4.31. The molecule has 0 bridgehead atoms. The molecule has 5 heteroatoms. The first kappa shape index (κ1) is 12.1. The first-order valence-electron chi connectivity index (χ1n) is 6.14. The van der Waals surface area contributed by atoms with Gasteiger partial charge in [-0.15, -0.1) is 0 Å². The number of carbonyl (C=O) groups is 1. The molecular weight excluding hydrogens is 299 g/mol. The molecule has 18 heavy (non-hydrogen) atoms. The van der Waals surface area contributed by atoms with Crippen LogP contribution in [-0.4, -0.2) is 11.6 Å². The maximum absolute atomic E-state index is 13.9. The number of hydrogen-bond acceptors (Lipinski definition) is 2. The summed E-state index contributed by atoms with van der Waals surface area (Å²) >= 11 is 3.22. The van der Waals surface area contributed by atoms with E-state index in [4.69, 9.17) is 0 Å². The van der Waals surface area contributed by atoms with Crippen molar-refractivity contribution in [1.29, 1.82) is 0 Å². The van der Waals surface area contributed by atoms with Crippen LogP contribution in [0.15, 0.2) is 22.7 Å². The predicted octanol–water partition coefficient (Wildman–Crippen LogP) is 2.62. The Hall–Kier alpha value is -0.940. The smallest absolute Gasteiger partial charge is 0.243 e. The highest BCUT2D eigenvalue weighted by Crippen LogP contribution is 2.35. The van der Waals surface area contributed by atoms with Crippen molar-refractivity contribution in [1.82, 2.24) is 10.6 Å². The lowest BCUT2D eigenvalue weighted by Crippen LogP contribution is -2.46. The average molecular weight is 313 g/mol. The number of amides is 1. The van der Waals surface area contributed by atoms with Gasteiger partial charge in [-0.05, 0) is 37.8 Å². The van der Waals surface area contributed by atoms with E-state index in [0.717, 1.165) is 25.7 Å². The minimum Gasteiger partial charge on any atom is -0.336 e. The van der Waals surface area contributed by atoms with Gasteiger partial charge in [-0.3, -0.25) is 10.1 Å². The summed E-state index contributed by atoms with van der Waals surface area (Å²) in [6.45, 7) is 0. The molecule has 1 aromatic rings. The molecule has 1 aliphatic heterocycles. The van der Waals surface area contributed by atoms with E-state index in [2.05, 4.69) is 26.6 Å². The van der Waals surface area contributed by atoms with Gasteiger partial charge < -0.3 is 5.32 Å². The van der Waals surface area contributed by atoms with Crippen molar-refractivity contribution in [2.24, 2.45) is 0 Å². The van der Waals surface area contributed by atoms with Crippen molar-refractivity contribution in [2.45, 2.75) is 37.4 Å². The number of halogens is 2. The van der Waals surface area contributed by atoms with Gasteiger partial charge in [0.05, 0.1) is 5.66 Å². The summed E-state index contributed by atoms with van der Waals surface area (Å²) in [6, 6.07) is 4.23. The molecular formula is C13H14BrFN2O. The Balaban J connectivity index is 1.90. The zero-order chi connectivity index (χ0) is 12.8. The molecule has 0 unspecified atom stereocenters. The van der Waals surface area contributed by atoms with E-state index in [1.54, 1.807) is 12.1 Å². The van der Waals surface area contributed by atoms with Crippen LogP contribution in [0.3, 0.4) is 0 Å². The molecule has 3 rings (SSSR count). The molecule has 2 aliphatic rings. The molecule has 2 fully saturated rings. The van der Waals surface area contributed by atoms with E-state index in [1.165, 1.54) is 6.07 Å². The van der Waals surface area contributed by atoms with Gasteiger partial charge in [0.2, 0.25) is 5.91 Å². The van der Waals surface area contributed by atoms with Gasteiger partial charge >= 0.3 is 0 Å². The zero-order valence-corrected chi connectivity index (χ0v) is 11.4. The number of rotatable bonds is 1. The number of benzene rings is 1. The largest absolute Gasteiger partial charge is 0.336 e. The molecule has 1 saturated heterocycles. The van der Waals surface area contributed by atoms with E-state index in [-0.39, 0.29) is 17.4 Å². The number of nitrogens with one attached hydrogen (secondary N) is 2. The Labute approximate surface area is 113 Å². The van der Waals surface area contributed by atoms with Crippen LogP contribution in [0, 0.1) is 5.82 Å². The quantitative estimate of drug-likeness (QED) is 0.837. The van der Waals surface area contributed by atoms with E-state index >= 15 is 0 Å². The Morgan fingerprint density at radius 3 is 2.72 bits per heavy atom. The van der Waals surface area contributed by atoms with Gasteiger partial charge in [-0.2, -0.15) is 0 Å². The minimum absolute atomic E-state index is 0.127. The molecule has 2 N–H and O–H groups in total. The maximum Gasteiger partial charge on any atom is 0.243 e. The lowest BCUT2D eigenvalue weighted by atomic mass is 10.1. The summed E-state index contributed by atoms with van der Waals surface area (Å²) < 4.78 is 14.6. The van der Waals surface area contributed by atoms with Gasteiger partial charge in [0.1, 0.15) is 11.9 Å². The molecule has 3 nitrogen and oxygen atoms in total. The monoisotopic (exact) mass is 312 g/mol. The lowest BCUT2D eigenvalue weighted by molar-refractivity contribution is -0.121. The van der Waals surface area contributed by atoms with Crippen LogP contribution in [-0.2, 0) is 4.79 Å². The molecule has 0 aromatic heterocycles. The van der Waals surface area contributed by atoms with Crippen LogP contribution in [0.4, 0.5) is 4.39 Å². The first-order chi connectivity index (χ1) is 8.60. The summed E-state index contributed by atoms with van der Waals surface area (Å²) in [5, 5.41) is 6.27. The van der Waals surface area contributed by atoms with Crippen LogP contribution in [0.5, 0.6) is 0 Å². The number of hydrogen-bond donors (Lipinski definition) is 2. The topological polar surface area (TPSA) is 41.1 Å². The lowest BCUT2D eigenvalue weighted by Gasteiger charge is -2.23. The Morgan fingerprint density at radius 2 is 2.06 bits per heavy atom. The van der Waals surface area contributed by atoms with Crippen molar-refractivity contribution in [3.8, 4) is 0 Å². The summed E-state index contributed by atoms with van der Waals surface area (Å²) in [4.78, 5) is 12.0. The van der Waals surface area contributed by atoms with Gasteiger partial charge in [-0.25, -0.2) is 4.39 Å². The second-order valence-electron chi connectivity index (χ2n) is 5.02. The molecule has 1 amide bonds. The molecule has 0 radical (unpaired) electrons. The third kappa shape index (κ3) is 1.95. The van der Waals surface area contributed by atoms with Crippen molar-refractivity contribution < 1.29 is 9.18 Å². The highest BCUT2D eigenvalue weighted by molar-refractivity contribution is 9.10. The van der Waals surface area contributed by atoms with Crippen molar-refractivity contribution >= 4 is 21.8 Å². The molecule has 1 spiro atoms. The predicted molar refractivity (Wildman–Crippen MR) is 69.3 cm³/mol. The fraction of sp³-hybridized carbons (Fsp3) is 0.462. The van der Waals surface area contributed by atoms with Gasteiger partial charge in [-0.1, -0.05) is 22.0 Å². The van der Waals surface area contributed by atoms with Crippen LogP contribution in [0.25, 0.3) is 0 Å². The van der Waals surface area contributed by atoms with E-state index < -0.39 is 6.04 Å². The summed E-state index contributed by atoms with van der Waals surface area (Å²) in [5.74, 6) is -0.481. The molecule has 1 aliphatic carbocycles. The molecule has 1 heterocycles. The molecule has 1 aromatic carbocycles. The zero-order valence-electron chi connectivity index (χ0n) is 9.80. The molecule has 1 saturated carbocycles. The van der Waals surface area contributed by atoms with Gasteiger partial charge in [0.25, 0.3) is 0 Å². The number of carbonyl (C=O) groups excluding carboxylic acids is 1. The van der Waals surface area contributed by atoms with E-state index in [0.29, 0.717) is 10.0 Å². The average Bonchev–Trinajstić information content (AvgIpc) is 2.87. The van der Waals surface area contributed by atoms with Gasteiger partial charge in [0, 0.05) is 10.0 Å². The minimum atomic E-state index is -0.573. The fourth-order valence-corrected chi connectivity index (χ4v) is 3.22. The van der Waals surface area contributed by atoms with Crippen molar-refractivity contribution in [2.75, 3.05) is 0 Å². The Morgan fingerprint density at radius 1 is 1.33 bits per heavy atom. The highest BCUT2D eigenvalue weighted by atomic mass is 79.9. The first-order valence-corrected chi connectivity index (χ1v) is 6.94. The summed E-state index contributed by atoms with van der Waals surface area (Å²) in [5.41, 5.74) is 0.112. The van der Waals surface area contributed by atoms with Crippen LogP contribution in [0.1, 0.15) is 37.3 Å². The summed E-state index contributed by atoms with van der Waals surface area (Å²) in [6.07, 6.45) is 4.05. The van der Waals surface area contributed by atoms with Crippen LogP contribution < -0.4 is 10.6 Å². The van der Waals surface area contributed by atoms with E-state index in [1.807, 2.05) is 0 Å². The summed E-state index contributed by atoms with van der Waals surface area (Å²) in [7, 11) is 0. The SMILES string of the molecule is O=C1NC2(CCCC2)N[C@H]1c1ccc(Br)cc1F. The molecule has 96 valence electrons. The molecule has 1 atom stereocenters. The highest BCUT2D eigenvalue weighted by Gasteiger charge is 2.46. The van der Waals surface area contributed by atoms with E-state index in [9.17, 15) is 9.18 Å². The standard InChI is InChI=1S/C13H14BrFN2O/c14-8-3-4-9(10(15)7-8)11-12(18)17-13(16-11)5-1-2-6-13/h3-4,7,11,16H,1-2,5-6H2,(H,17,18)/t11-/m0/s1.